The van der Waals surface area contributed by atoms with Gasteiger partial charge in [-0.1, -0.05) is 29.3 Å². The van der Waals surface area contributed by atoms with E-state index in [1.165, 1.54) is 12.5 Å². The summed E-state index contributed by atoms with van der Waals surface area (Å²) >= 11 is 5.71. The number of halogens is 2. The number of nitrogens with two attached hydrogens (primary N) is 1. The maximum absolute atomic E-state index is 13.7. The quantitative estimate of drug-likeness (QED) is 0.777. The van der Waals surface area contributed by atoms with Crippen LogP contribution in [0.3, 0.4) is 0 Å². The fourth-order valence-corrected chi connectivity index (χ4v) is 2.26. The molecule has 1 unspecified atom stereocenters. The van der Waals surface area contributed by atoms with Crippen molar-refractivity contribution in [1.82, 2.24) is 0 Å². The van der Waals surface area contributed by atoms with Gasteiger partial charge in [-0.2, -0.15) is 0 Å². The van der Waals surface area contributed by atoms with Gasteiger partial charge in [0.25, 0.3) is 0 Å². The van der Waals surface area contributed by atoms with Crippen LogP contribution in [0.4, 0.5) is 4.39 Å². The van der Waals surface area contributed by atoms with Crippen LogP contribution in [0.5, 0.6) is 0 Å². The van der Waals surface area contributed by atoms with E-state index in [0.29, 0.717) is 10.6 Å². The Morgan fingerprint density at radius 2 is 2.12 bits per heavy atom. The van der Waals surface area contributed by atoms with Gasteiger partial charge in [-0.15, -0.1) is 0 Å². The second-order valence-corrected chi connectivity index (χ2v) is 4.60. The van der Waals surface area contributed by atoms with E-state index in [4.69, 9.17) is 17.3 Å². The summed E-state index contributed by atoms with van der Waals surface area (Å²) in [6, 6.07) is 4.36. The van der Waals surface area contributed by atoms with E-state index >= 15 is 0 Å². The van der Waals surface area contributed by atoms with Gasteiger partial charge in [-0.05, 0) is 37.8 Å². The lowest BCUT2D eigenvalue weighted by atomic mass is 9.90. The molecule has 0 heterocycles. The van der Waals surface area contributed by atoms with Crippen LogP contribution in [0.15, 0.2) is 29.8 Å². The van der Waals surface area contributed by atoms with Crippen molar-refractivity contribution in [2.24, 2.45) is 5.73 Å². The third-order valence-electron chi connectivity index (χ3n) is 3.02. The molecule has 0 bridgehead atoms. The summed E-state index contributed by atoms with van der Waals surface area (Å²) in [6.45, 7) is 0. The van der Waals surface area contributed by atoms with Gasteiger partial charge in [0.1, 0.15) is 5.82 Å². The molecule has 2 N–H and O–H groups in total. The number of allylic oxidation sites excluding steroid dienone is 1. The summed E-state index contributed by atoms with van der Waals surface area (Å²) in [5.41, 5.74) is 7.75. The molecule has 1 aliphatic rings. The number of hydrogen-bond donors (Lipinski definition) is 1. The van der Waals surface area contributed by atoms with Crippen molar-refractivity contribution in [3.63, 3.8) is 0 Å². The lowest BCUT2D eigenvalue weighted by molar-refractivity contribution is 0.582. The first-order valence-electron chi connectivity index (χ1n) is 5.58. The first-order chi connectivity index (χ1) is 7.68. The first kappa shape index (κ1) is 11.6. The molecule has 0 radical (unpaired) electrons. The van der Waals surface area contributed by atoms with Gasteiger partial charge in [0.05, 0.1) is 6.04 Å². The largest absolute Gasteiger partial charge is 0.320 e. The molecule has 0 amide bonds. The molecule has 2 rings (SSSR count). The third-order valence-corrected chi connectivity index (χ3v) is 3.26. The van der Waals surface area contributed by atoms with Crippen LogP contribution in [-0.4, -0.2) is 0 Å². The topological polar surface area (TPSA) is 26.0 Å². The molecule has 16 heavy (non-hydrogen) atoms. The Labute approximate surface area is 100 Å². The highest BCUT2D eigenvalue weighted by molar-refractivity contribution is 6.30. The molecule has 1 aromatic rings. The smallest absolute Gasteiger partial charge is 0.129 e. The van der Waals surface area contributed by atoms with Crippen molar-refractivity contribution >= 4 is 11.6 Å². The second-order valence-electron chi connectivity index (χ2n) is 4.17. The van der Waals surface area contributed by atoms with E-state index in [1.807, 2.05) is 0 Å². The molecule has 1 aliphatic carbocycles. The van der Waals surface area contributed by atoms with Gasteiger partial charge >= 0.3 is 0 Å². The second kappa shape index (κ2) is 4.98. The van der Waals surface area contributed by atoms with Crippen molar-refractivity contribution in [3.8, 4) is 0 Å². The molecule has 0 saturated carbocycles. The summed E-state index contributed by atoms with van der Waals surface area (Å²) in [5.74, 6) is -0.313. The Morgan fingerprint density at radius 1 is 1.31 bits per heavy atom. The zero-order valence-electron chi connectivity index (χ0n) is 9.05. The van der Waals surface area contributed by atoms with Crippen molar-refractivity contribution < 1.29 is 4.39 Å². The van der Waals surface area contributed by atoms with E-state index in [0.717, 1.165) is 24.8 Å². The summed E-state index contributed by atoms with van der Waals surface area (Å²) in [7, 11) is 0. The average Bonchev–Trinajstić information content (AvgIpc) is 2.29. The standard InChI is InChI=1S/C13H15ClFN/c14-10-6-7-11(12(15)8-10)13(16)9-4-2-1-3-5-9/h4,6-8,13H,1-3,5,16H2. The van der Waals surface area contributed by atoms with Crippen LogP contribution < -0.4 is 5.73 Å². The van der Waals surface area contributed by atoms with Crippen LogP contribution in [0.25, 0.3) is 0 Å². The van der Waals surface area contributed by atoms with Crippen LogP contribution in [-0.2, 0) is 0 Å². The van der Waals surface area contributed by atoms with Crippen molar-refractivity contribution in [2.45, 2.75) is 31.7 Å². The number of benzene rings is 1. The summed E-state index contributed by atoms with van der Waals surface area (Å²) in [5, 5.41) is 0.408. The van der Waals surface area contributed by atoms with Crippen molar-refractivity contribution in [3.05, 3.63) is 46.3 Å². The zero-order valence-corrected chi connectivity index (χ0v) is 9.80. The zero-order chi connectivity index (χ0) is 11.5. The van der Waals surface area contributed by atoms with E-state index < -0.39 is 0 Å². The number of hydrogen-bond acceptors (Lipinski definition) is 1. The Balaban J connectivity index is 2.26. The minimum atomic E-state index is -0.322. The fourth-order valence-electron chi connectivity index (χ4n) is 2.10. The molecule has 0 spiro atoms. The molecule has 0 saturated heterocycles. The highest BCUT2D eigenvalue weighted by atomic mass is 35.5. The highest BCUT2D eigenvalue weighted by Crippen LogP contribution is 2.30. The predicted molar refractivity (Wildman–Crippen MR) is 64.9 cm³/mol. The molecular formula is C13H15ClFN. The predicted octanol–water partition coefficient (Wildman–Crippen LogP) is 3.98. The molecular weight excluding hydrogens is 225 g/mol. The van der Waals surface area contributed by atoms with Gasteiger partial charge in [-0.25, -0.2) is 4.39 Å². The molecule has 86 valence electrons. The molecule has 0 aromatic heterocycles. The average molecular weight is 240 g/mol. The van der Waals surface area contributed by atoms with Gasteiger partial charge in [0.2, 0.25) is 0 Å². The minimum Gasteiger partial charge on any atom is -0.320 e. The lowest BCUT2D eigenvalue weighted by Crippen LogP contribution is -2.16. The van der Waals surface area contributed by atoms with Gasteiger partial charge in [-0.3, -0.25) is 0 Å². The Bertz CT molecular complexity index is 414. The van der Waals surface area contributed by atoms with Crippen LogP contribution in [0.2, 0.25) is 5.02 Å². The Hall–Kier alpha value is -0.860. The van der Waals surface area contributed by atoms with Crippen LogP contribution in [0, 0.1) is 5.82 Å². The third kappa shape index (κ3) is 2.45. The SMILES string of the molecule is NC(C1=CCCCC1)c1ccc(Cl)cc1F. The molecule has 0 aliphatic heterocycles. The van der Waals surface area contributed by atoms with Crippen molar-refractivity contribution in [1.29, 1.82) is 0 Å². The van der Waals surface area contributed by atoms with Gasteiger partial charge in [0, 0.05) is 10.6 Å². The van der Waals surface area contributed by atoms with Crippen LogP contribution in [0.1, 0.15) is 37.3 Å². The minimum absolute atomic E-state index is 0.313. The molecule has 0 fully saturated rings. The highest BCUT2D eigenvalue weighted by Gasteiger charge is 2.17. The summed E-state index contributed by atoms with van der Waals surface area (Å²) < 4.78 is 13.7. The van der Waals surface area contributed by atoms with E-state index in [9.17, 15) is 4.39 Å². The summed E-state index contributed by atoms with van der Waals surface area (Å²) in [4.78, 5) is 0. The first-order valence-corrected chi connectivity index (χ1v) is 5.96. The number of rotatable bonds is 2. The van der Waals surface area contributed by atoms with Gasteiger partial charge < -0.3 is 5.73 Å². The van der Waals surface area contributed by atoms with Gasteiger partial charge in [0.15, 0.2) is 0 Å². The van der Waals surface area contributed by atoms with E-state index in [-0.39, 0.29) is 11.9 Å². The maximum atomic E-state index is 13.7. The fraction of sp³-hybridized carbons (Fsp3) is 0.385. The molecule has 3 heteroatoms. The molecule has 1 atom stereocenters. The Kier molecular flexibility index (Phi) is 3.62. The normalized spacial score (nSPS) is 18.1. The van der Waals surface area contributed by atoms with E-state index in [1.54, 1.807) is 12.1 Å². The maximum Gasteiger partial charge on any atom is 0.129 e. The van der Waals surface area contributed by atoms with Crippen molar-refractivity contribution in [2.75, 3.05) is 0 Å². The molecule has 1 aromatic carbocycles. The molecule has 1 nitrogen and oxygen atoms in total. The monoisotopic (exact) mass is 239 g/mol. The summed E-state index contributed by atoms with van der Waals surface area (Å²) in [6.07, 6.45) is 6.53. The van der Waals surface area contributed by atoms with Crippen LogP contribution >= 0.6 is 11.6 Å². The lowest BCUT2D eigenvalue weighted by Gasteiger charge is -2.20. The van der Waals surface area contributed by atoms with E-state index in [2.05, 4.69) is 6.08 Å². The Morgan fingerprint density at radius 3 is 2.75 bits per heavy atom.